The Kier molecular flexibility index (Phi) is 4.22. The van der Waals surface area contributed by atoms with Gasteiger partial charge in [0.05, 0.1) is 0 Å². The van der Waals surface area contributed by atoms with Crippen LogP contribution in [0.1, 0.15) is 17.4 Å². The molecular formula is C8H12N2O3S2. The maximum Gasteiger partial charge on any atom is 0.355 e. The van der Waals surface area contributed by atoms with Gasteiger partial charge in [-0.1, -0.05) is 0 Å². The number of aromatic carboxylic acids is 1. The molecule has 0 fully saturated rings. The first-order valence-electron chi connectivity index (χ1n) is 4.25. The SMILES string of the molecule is CC(CNc1nc(C(=O)O)cs1)S(C)=O. The zero-order valence-corrected chi connectivity index (χ0v) is 10.0. The third-order valence-corrected chi connectivity index (χ3v) is 3.93. The molecule has 0 radical (unpaired) electrons. The zero-order valence-electron chi connectivity index (χ0n) is 8.39. The molecule has 0 spiro atoms. The fourth-order valence-electron chi connectivity index (χ4n) is 0.802. The second-order valence-electron chi connectivity index (χ2n) is 3.03. The highest BCUT2D eigenvalue weighted by atomic mass is 32.2. The van der Waals surface area contributed by atoms with Gasteiger partial charge in [0.15, 0.2) is 10.8 Å². The van der Waals surface area contributed by atoms with Gasteiger partial charge in [-0.25, -0.2) is 9.78 Å². The summed E-state index contributed by atoms with van der Waals surface area (Å²) in [7, 11) is -0.888. The van der Waals surface area contributed by atoms with Crippen molar-refractivity contribution in [2.75, 3.05) is 18.1 Å². The maximum absolute atomic E-state index is 11.0. The van der Waals surface area contributed by atoms with Crippen LogP contribution in [-0.2, 0) is 10.8 Å². The van der Waals surface area contributed by atoms with E-state index in [0.29, 0.717) is 11.7 Å². The van der Waals surface area contributed by atoms with Crippen molar-refractivity contribution in [1.82, 2.24) is 4.98 Å². The van der Waals surface area contributed by atoms with E-state index in [9.17, 15) is 9.00 Å². The van der Waals surface area contributed by atoms with Crippen LogP contribution < -0.4 is 5.32 Å². The summed E-state index contributed by atoms with van der Waals surface area (Å²) in [6.45, 7) is 2.38. The molecule has 5 nitrogen and oxygen atoms in total. The van der Waals surface area contributed by atoms with Gasteiger partial charge in [-0.05, 0) is 6.92 Å². The molecule has 1 rings (SSSR count). The van der Waals surface area contributed by atoms with Crippen molar-refractivity contribution in [3.63, 3.8) is 0 Å². The first kappa shape index (κ1) is 12.1. The lowest BCUT2D eigenvalue weighted by Crippen LogP contribution is -2.20. The molecule has 2 unspecified atom stereocenters. The van der Waals surface area contributed by atoms with Gasteiger partial charge in [0, 0.05) is 34.2 Å². The molecule has 84 valence electrons. The smallest absolute Gasteiger partial charge is 0.355 e. The number of thiazole rings is 1. The minimum Gasteiger partial charge on any atom is -0.476 e. The standard InChI is InChI=1S/C8H12N2O3S2/c1-5(15(2)13)3-9-8-10-6(4-14-8)7(11)12/h4-5H,3H2,1-2H3,(H,9,10)(H,11,12). The van der Waals surface area contributed by atoms with Crippen LogP contribution in [0.5, 0.6) is 0 Å². The van der Waals surface area contributed by atoms with Gasteiger partial charge in [0.1, 0.15) is 0 Å². The topological polar surface area (TPSA) is 79.3 Å². The van der Waals surface area contributed by atoms with E-state index < -0.39 is 16.8 Å². The molecule has 1 aromatic rings. The summed E-state index contributed by atoms with van der Waals surface area (Å²) in [6, 6.07) is 0. The molecular weight excluding hydrogens is 236 g/mol. The fourth-order valence-corrected chi connectivity index (χ4v) is 1.81. The van der Waals surface area contributed by atoms with Crippen molar-refractivity contribution in [2.24, 2.45) is 0 Å². The summed E-state index contributed by atoms with van der Waals surface area (Å²) in [5.74, 6) is -1.04. The van der Waals surface area contributed by atoms with E-state index in [1.165, 1.54) is 16.7 Å². The van der Waals surface area contributed by atoms with E-state index in [2.05, 4.69) is 10.3 Å². The van der Waals surface area contributed by atoms with Crippen molar-refractivity contribution in [1.29, 1.82) is 0 Å². The third-order valence-electron chi connectivity index (χ3n) is 1.83. The van der Waals surface area contributed by atoms with E-state index in [0.717, 1.165) is 0 Å². The van der Waals surface area contributed by atoms with Gasteiger partial charge in [0.25, 0.3) is 0 Å². The predicted octanol–water partition coefficient (Wildman–Crippen LogP) is 1.02. The number of carbonyl (C=O) groups is 1. The Bertz CT molecular complexity index is 378. The van der Waals surface area contributed by atoms with E-state index >= 15 is 0 Å². The summed E-state index contributed by atoms with van der Waals surface area (Å²) < 4.78 is 11.0. The van der Waals surface area contributed by atoms with Gasteiger partial charge < -0.3 is 10.4 Å². The predicted molar refractivity (Wildman–Crippen MR) is 61.1 cm³/mol. The lowest BCUT2D eigenvalue weighted by molar-refractivity contribution is 0.0691. The van der Waals surface area contributed by atoms with Gasteiger partial charge >= 0.3 is 5.97 Å². The quantitative estimate of drug-likeness (QED) is 0.813. The van der Waals surface area contributed by atoms with Crippen molar-refractivity contribution in [2.45, 2.75) is 12.2 Å². The van der Waals surface area contributed by atoms with Crippen LogP contribution >= 0.6 is 11.3 Å². The van der Waals surface area contributed by atoms with Gasteiger partial charge in [-0.3, -0.25) is 4.21 Å². The fraction of sp³-hybridized carbons (Fsp3) is 0.500. The Labute approximate surface area is 94.0 Å². The van der Waals surface area contributed by atoms with Crippen LogP contribution in [0.15, 0.2) is 5.38 Å². The molecule has 0 aliphatic heterocycles. The second-order valence-corrected chi connectivity index (χ2v) is 5.69. The molecule has 2 N–H and O–H groups in total. The summed E-state index contributed by atoms with van der Waals surface area (Å²) in [5.41, 5.74) is 0.0350. The molecule has 0 aromatic carbocycles. The molecule has 0 bridgehead atoms. The van der Waals surface area contributed by atoms with Gasteiger partial charge in [0.2, 0.25) is 0 Å². The van der Waals surface area contributed by atoms with Crippen molar-refractivity contribution >= 4 is 33.2 Å². The van der Waals surface area contributed by atoms with Crippen LogP contribution in [0.25, 0.3) is 0 Å². The highest BCUT2D eigenvalue weighted by Gasteiger charge is 2.10. The van der Waals surface area contributed by atoms with Crippen LogP contribution in [0.3, 0.4) is 0 Å². The van der Waals surface area contributed by atoms with E-state index in [4.69, 9.17) is 5.11 Å². The highest BCUT2D eigenvalue weighted by Crippen LogP contribution is 2.15. The van der Waals surface area contributed by atoms with E-state index in [1.807, 2.05) is 6.92 Å². The average molecular weight is 248 g/mol. The third kappa shape index (κ3) is 3.60. The Hall–Kier alpha value is -0.950. The lowest BCUT2D eigenvalue weighted by Gasteiger charge is -2.07. The summed E-state index contributed by atoms with van der Waals surface area (Å²) in [5, 5.41) is 13.6. The molecule has 0 aliphatic carbocycles. The first-order valence-corrected chi connectivity index (χ1v) is 6.75. The van der Waals surface area contributed by atoms with E-state index in [1.54, 1.807) is 6.26 Å². The molecule has 2 atom stereocenters. The van der Waals surface area contributed by atoms with Crippen molar-refractivity contribution < 1.29 is 14.1 Å². The summed E-state index contributed by atoms with van der Waals surface area (Å²) in [6.07, 6.45) is 1.64. The number of nitrogens with one attached hydrogen (secondary N) is 1. The lowest BCUT2D eigenvalue weighted by atomic mass is 10.5. The number of anilines is 1. The van der Waals surface area contributed by atoms with Gasteiger partial charge in [-0.15, -0.1) is 11.3 Å². The molecule has 7 heteroatoms. The molecule has 15 heavy (non-hydrogen) atoms. The largest absolute Gasteiger partial charge is 0.476 e. The number of nitrogens with zero attached hydrogens (tertiary/aromatic N) is 1. The Morgan fingerprint density at radius 2 is 2.47 bits per heavy atom. The number of rotatable bonds is 5. The monoisotopic (exact) mass is 248 g/mol. The highest BCUT2D eigenvalue weighted by molar-refractivity contribution is 7.84. The minimum absolute atomic E-state index is 0.0159. The first-order chi connectivity index (χ1) is 7.00. The molecule has 0 aliphatic rings. The van der Waals surface area contributed by atoms with Crippen molar-refractivity contribution in [3.05, 3.63) is 11.1 Å². The molecule has 0 saturated heterocycles. The Morgan fingerprint density at radius 1 is 1.80 bits per heavy atom. The molecule has 0 saturated carbocycles. The van der Waals surface area contributed by atoms with Crippen LogP contribution in [0.2, 0.25) is 0 Å². The Balaban J connectivity index is 2.51. The molecule has 1 aromatic heterocycles. The molecule has 0 amide bonds. The summed E-state index contributed by atoms with van der Waals surface area (Å²) in [4.78, 5) is 14.4. The van der Waals surface area contributed by atoms with Crippen LogP contribution in [0, 0.1) is 0 Å². The number of hydrogen-bond donors (Lipinski definition) is 2. The number of hydrogen-bond acceptors (Lipinski definition) is 5. The number of carboxylic acids is 1. The second kappa shape index (κ2) is 5.22. The maximum atomic E-state index is 11.0. The Morgan fingerprint density at radius 3 is 2.93 bits per heavy atom. The van der Waals surface area contributed by atoms with Gasteiger partial charge in [-0.2, -0.15) is 0 Å². The van der Waals surface area contributed by atoms with Crippen molar-refractivity contribution in [3.8, 4) is 0 Å². The average Bonchev–Trinajstić information content (AvgIpc) is 2.62. The van der Waals surface area contributed by atoms with Crippen LogP contribution in [-0.4, -0.2) is 38.3 Å². The number of carboxylic acid groups (broad SMARTS) is 1. The number of aromatic nitrogens is 1. The van der Waals surface area contributed by atoms with Crippen LogP contribution in [0.4, 0.5) is 5.13 Å². The summed E-state index contributed by atoms with van der Waals surface area (Å²) >= 11 is 1.23. The normalized spacial score (nSPS) is 14.5. The zero-order chi connectivity index (χ0) is 11.4. The molecule has 1 heterocycles. The minimum atomic E-state index is -1.04. The van der Waals surface area contributed by atoms with E-state index in [-0.39, 0.29) is 10.9 Å².